The third kappa shape index (κ3) is 6.36. The van der Waals surface area contributed by atoms with E-state index in [0.29, 0.717) is 49.3 Å². The van der Waals surface area contributed by atoms with Crippen LogP contribution >= 0.6 is 47.8 Å². The minimum atomic E-state index is -0.530. The van der Waals surface area contributed by atoms with Gasteiger partial charge >= 0.3 is 0 Å². The topological polar surface area (TPSA) is 122 Å². The summed E-state index contributed by atoms with van der Waals surface area (Å²) in [6.45, 7) is 2.19. The van der Waals surface area contributed by atoms with Crippen molar-refractivity contribution in [1.29, 1.82) is 0 Å². The Labute approximate surface area is 260 Å². The number of ether oxygens (including phenoxy) is 2. The highest BCUT2D eigenvalue weighted by molar-refractivity contribution is 9.13. The highest BCUT2D eigenvalue weighted by Crippen LogP contribution is 2.44. The van der Waals surface area contributed by atoms with Crippen LogP contribution in [0, 0.1) is 10.1 Å². The van der Waals surface area contributed by atoms with Gasteiger partial charge in [-0.3, -0.25) is 14.9 Å². The van der Waals surface area contributed by atoms with Crippen LogP contribution in [0.2, 0.25) is 0 Å². The maximum absolute atomic E-state index is 13.7. The van der Waals surface area contributed by atoms with Crippen LogP contribution < -0.4 is 15.0 Å². The van der Waals surface area contributed by atoms with E-state index in [9.17, 15) is 14.9 Å². The van der Waals surface area contributed by atoms with Crippen molar-refractivity contribution in [3.05, 3.63) is 87.9 Å². The van der Waals surface area contributed by atoms with Gasteiger partial charge in [0.05, 0.1) is 33.1 Å². The average molecular weight is 750 g/mol. The molecule has 0 amide bonds. The Morgan fingerprint density at radius 3 is 2.59 bits per heavy atom. The summed E-state index contributed by atoms with van der Waals surface area (Å²) in [4.78, 5) is 33.0. The van der Waals surface area contributed by atoms with Crippen molar-refractivity contribution in [3.8, 4) is 17.4 Å². The number of nitrogens with zero attached hydrogens (tertiary/aromatic N) is 5. The number of pyridine rings is 1. The van der Waals surface area contributed by atoms with E-state index in [-0.39, 0.29) is 23.0 Å². The van der Waals surface area contributed by atoms with Gasteiger partial charge in [0.2, 0.25) is 5.88 Å². The number of aromatic nitrogens is 3. The molecule has 13 heteroatoms. The van der Waals surface area contributed by atoms with Gasteiger partial charge in [-0.2, -0.15) is 9.78 Å². The Morgan fingerprint density at radius 1 is 1.12 bits per heavy atom. The molecule has 1 fully saturated rings. The summed E-state index contributed by atoms with van der Waals surface area (Å²) in [5, 5.41) is 16.1. The van der Waals surface area contributed by atoms with Gasteiger partial charge in [0.25, 0.3) is 11.2 Å². The minimum Gasteiger partial charge on any atom is -0.490 e. The van der Waals surface area contributed by atoms with Gasteiger partial charge in [-0.05, 0) is 75.9 Å². The van der Waals surface area contributed by atoms with Gasteiger partial charge < -0.3 is 9.47 Å². The Kier molecular flexibility index (Phi) is 9.15. The predicted molar refractivity (Wildman–Crippen MR) is 166 cm³/mol. The Balaban J connectivity index is 1.57. The first-order valence-corrected chi connectivity index (χ1v) is 15.3. The van der Waals surface area contributed by atoms with Crippen molar-refractivity contribution >= 4 is 70.6 Å². The Bertz CT molecular complexity index is 1700. The number of hydrogen-bond donors (Lipinski definition) is 0. The number of benzene rings is 2. The summed E-state index contributed by atoms with van der Waals surface area (Å²) in [7, 11) is 0. The van der Waals surface area contributed by atoms with Gasteiger partial charge in [-0.25, -0.2) is 9.97 Å². The molecule has 2 heterocycles. The van der Waals surface area contributed by atoms with Crippen molar-refractivity contribution in [2.75, 3.05) is 6.61 Å². The first-order chi connectivity index (χ1) is 19.8. The Morgan fingerprint density at radius 2 is 1.90 bits per heavy atom. The zero-order valence-corrected chi connectivity index (χ0v) is 26.6. The SMILES string of the molecule is CCOc1cc(C=Nn2c(C3CCCCC3)nc3ccc(Br)cc3c2=O)c(Br)c(Br)c1Oc1ccc([N+](=O)[O-])cn1. The van der Waals surface area contributed by atoms with Crippen molar-refractivity contribution in [2.45, 2.75) is 44.9 Å². The molecule has 2 aromatic carbocycles. The summed E-state index contributed by atoms with van der Waals surface area (Å²) in [6, 6.07) is 9.95. The lowest BCUT2D eigenvalue weighted by Gasteiger charge is -2.23. The molecule has 0 atom stereocenters. The number of fused-ring (bicyclic) bond motifs is 1. The van der Waals surface area contributed by atoms with Crippen molar-refractivity contribution in [3.63, 3.8) is 0 Å². The zero-order chi connectivity index (χ0) is 29.1. The third-order valence-corrected chi connectivity index (χ3v) is 9.35. The van der Waals surface area contributed by atoms with Gasteiger partial charge in [-0.15, -0.1) is 0 Å². The summed E-state index contributed by atoms with van der Waals surface area (Å²) >= 11 is 10.6. The number of halogens is 3. The standard InChI is InChI=1S/C28H24Br3N5O5/c1-2-40-22-12-17(24(30)25(31)26(22)41-23-11-9-19(15-32-23)36(38)39)14-33-35-27(16-6-4-3-5-7-16)34-21-10-8-18(29)13-20(21)28(35)37/h8-16H,2-7H2,1H3. The van der Waals surface area contributed by atoms with Crippen LogP contribution in [-0.4, -0.2) is 32.4 Å². The molecule has 5 rings (SSSR count). The second-order valence-corrected chi connectivity index (χ2v) is 11.9. The summed E-state index contributed by atoms with van der Waals surface area (Å²) in [5.74, 6) is 1.67. The second-order valence-electron chi connectivity index (χ2n) is 9.40. The van der Waals surface area contributed by atoms with Crippen molar-refractivity contribution < 1.29 is 14.4 Å². The molecule has 0 bridgehead atoms. The van der Waals surface area contributed by atoms with E-state index in [1.807, 2.05) is 19.1 Å². The van der Waals surface area contributed by atoms with Crippen LogP contribution in [0.25, 0.3) is 10.9 Å². The fraction of sp³-hybridized carbons (Fsp3) is 0.286. The fourth-order valence-corrected chi connectivity index (χ4v) is 5.99. The van der Waals surface area contributed by atoms with Crippen LogP contribution in [0.4, 0.5) is 5.69 Å². The van der Waals surface area contributed by atoms with Crippen LogP contribution in [0.5, 0.6) is 17.4 Å². The molecular weight excluding hydrogens is 726 g/mol. The molecule has 0 radical (unpaired) electrons. The van der Waals surface area contributed by atoms with Gasteiger partial charge in [-0.1, -0.05) is 35.2 Å². The van der Waals surface area contributed by atoms with E-state index >= 15 is 0 Å². The van der Waals surface area contributed by atoms with Crippen LogP contribution in [0.3, 0.4) is 0 Å². The molecule has 0 saturated heterocycles. The molecular formula is C28H24Br3N5O5. The van der Waals surface area contributed by atoms with Crippen molar-refractivity contribution in [1.82, 2.24) is 14.6 Å². The Hall–Kier alpha value is -3.16. The normalized spacial score (nSPS) is 14.0. The highest BCUT2D eigenvalue weighted by atomic mass is 79.9. The van der Waals surface area contributed by atoms with Crippen LogP contribution in [0.1, 0.15) is 56.3 Å². The van der Waals surface area contributed by atoms with Crippen molar-refractivity contribution in [2.24, 2.45) is 5.10 Å². The van der Waals surface area contributed by atoms with E-state index in [1.165, 1.54) is 23.2 Å². The first-order valence-electron chi connectivity index (χ1n) is 13.0. The van der Waals surface area contributed by atoms with Gasteiger partial charge in [0, 0.05) is 32.6 Å². The van der Waals surface area contributed by atoms with E-state index in [0.717, 1.165) is 36.4 Å². The highest BCUT2D eigenvalue weighted by Gasteiger charge is 2.23. The maximum Gasteiger partial charge on any atom is 0.287 e. The molecule has 0 unspecified atom stereocenters. The lowest BCUT2D eigenvalue weighted by molar-refractivity contribution is -0.385. The molecule has 41 heavy (non-hydrogen) atoms. The van der Waals surface area contributed by atoms with Gasteiger partial charge in [0.15, 0.2) is 11.5 Å². The molecule has 10 nitrogen and oxygen atoms in total. The number of nitro groups is 1. The molecule has 0 aliphatic heterocycles. The lowest BCUT2D eigenvalue weighted by Crippen LogP contribution is -2.25. The summed E-state index contributed by atoms with van der Waals surface area (Å²) in [6.07, 6.45) is 7.97. The molecule has 4 aromatic rings. The number of hydrogen-bond acceptors (Lipinski definition) is 8. The monoisotopic (exact) mass is 747 g/mol. The molecule has 0 N–H and O–H groups in total. The van der Waals surface area contributed by atoms with E-state index in [2.05, 4.69) is 57.9 Å². The predicted octanol–water partition coefficient (Wildman–Crippen LogP) is 8.11. The molecule has 1 saturated carbocycles. The summed E-state index contributed by atoms with van der Waals surface area (Å²) in [5.41, 5.74) is 0.888. The quantitative estimate of drug-likeness (QED) is 0.101. The van der Waals surface area contributed by atoms with E-state index < -0.39 is 4.92 Å². The summed E-state index contributed by atoms with van der Waals surface area (Å²) < 4.78 is 15.1. The maximum atomic E-state index is 13.7. The molecule has 0 spiro atoms. The fourth-order valence-electron chi connectivity index (χ4n) is 4.72. The van der Waals surface area contributed by atoms with E-state index in [1.54, 1.807) is 18.3 Å². The molecule has 1 aliphatic carbocycles. The largest absolute Gasteiger partial charge is 0.490 e. The van der Waals surface area contributed by atoms with E-state index in [4.69, 9.17) is 14.5 Å². The third-order valence-electron chi connectivity index (χ3n) is 6.71. The lowest BCUT2D eigenvalue weighted by atomic mass is 9.88. The first kappa shape index (κ1) is 29.3. The van der Waals surface area contributed by atoms with Crippen LogP contribution in [0.15, 0.2) is 65.9 Å². The smallest absolute Gasteiger partial charge is 0.287 e. The van der Waals surface area contributed by atoms with Gasteiger partial charge in [0.1, 0.15) is 12.0 Å². The number of rotatable bonds is 8. The second kappa shape index (κ2) is 12.8. The minimum absolute atomic E-state index is 0.140. The average Bonchev–Trinajstić information content (AvgIpc) is 2.98. The molecule has 1 aliphatic rings. The van der Waals surface area contributed by atoms with Crippen LogP contribution in [-0.2, 0) is 0 Å². The molecule has 2 aromatic heterocycles. The zero-order valence-electron chi connectivity index (χ0n) is 21.8. The molecule has 212 valence electrons.